The number of carboxylic acids is 1. The van der Waals surface area contributed by atoms with Crippen LogP contribution >= 0.6 is 11.6 Å². The highest BCUT2D eigenvalue weighted by Gasteiger charge is 2.24. The van der Waals surface area contributed by atoms with Crippen molar-refractivity contribution >= 4 is 28.7 Å². The van der Waals surface area contributed by atoms with Crippen LogP contribution in [0.1, 0.15) is 17.2 Å². The molecule has 0 aliphatic carbocycles. The van der Waals surface area contributed by atoms with Crippen LogP contribution in [0.5, 0.6) is 5.75 Å². The van der Waals surface area contributed by atoms with Gasteiger partial charge in [-0.25, -0.2) is 9.78 Å². The molecule has 3 aromatic carbocycles. The van der Waals surface area contributed by atoms with E-state index in [0.29, 0.717) is 33.4 Å². The summed E-state index contributed by atoms with van der Waals surface area (Å²) in [7, 11) is 0. The Kier molecular flexibility index (Phi) is 4.75. The Morgan fingerprint density at radius 1 is 1.11 bits per heavy atom. The van der Waals surface area contributed by atoms with Gasteiger partial charge in [0.15, 0.2) is 5.58 Å². The number of carboxylic acid groups (broad SMARTS) is 1. The molecular formula is C22H16ClNO4. The van der Waals surface area contributed by atoms with Crippen molar-refractivity contribution in [1.29, 1.82) is 0 Å². The minimum Gasteiger partial charge on any atom is -0.478 e. The van der Waals surface area contributed by atoms with Gasteiger partial charge in [-0.05, 0) is 43.3 Å². The Morgan fingerprint density at radius 3 is 2.57 bits per heavy atom. The van der Waals surface area contributed by atoms with Crippen LogP contribution in [-0.4, -0.2) is 16.1 Å². The second-order valence-electron chi connectivity index (χ2n) is 6.37. The molecule has 0 radical (unpaired) electrons. The normalized spacial score (nSPS) is 12.1. The number of hydrogen-bond acceptors (Lipinski definition) is 4. The Hall–Kier alpha value is -3.31. The molecule has 4 rings (SSSR count). The topological polar surface area (TPSA) is 72.6 Å². The first-order chi connectivity index (χ1) is 13.5. The largest absolute Gasteiger partial charge is 0.478 e. The van der Waals surface area contributed by atoms with Crippen molar-refractivity contribution < 1.29 is 19.1 Å². The van der Waals surface area contributed by atoms with E-state index in [0.717, 1.165) is 11.1 Å². The van der Waals surface area contributed by atoms with Gasteiger partial charge in [0.05, 0.1) is 5.56 Å². The zero-order valence-electron chi connectivity index (χ0n) is 14.9. The lowest BCUT2D eigenvalue weighted by Crippen LogP contribution is -2.18. The fourth-order valence-corrected chi connectivity index (χ4v) is 3.05. The average Bonchev–Trinajstić information content (AvgIpc) is 3.11. The molecule has 0 aliphatic rings. The standard InChI is InChI=1S/C22H16ClNO4/c1-13-6-11-18(27-20(22(25)26)14-7-9-15(23)10-8-14)16(12-13)21-24-17-4-2-3-5-19(17)28-21/h2-12,20H,1H3,(H,25,26). The molecular weight excluding hydrogens is 378 g/mol. The second-order valence-corrected chi connectivity index (χ2v) is 6.81. The molecule has 28 heavy (non-hydrogen) atoms. The maximum Gasteiger partial charge on any atom is 0.349 e. The molecule has 1 heterocycles. The van der Waals surface area contributed by atoms with Crippen molar-refractivity contribution in [2.24, 2.45) is 0 Å². The number of hydrogen-bond donors (Lipinski definition) is 1. The highest BCUT2D eigenvalue weighted by Crippen LogP contribution is 2.35. The van der Waals surface area contributed by atoms with Crippen LogP contribution in [0.25, 0.3) is 22.6 Å². The molecule has 140 valence electrons. The first-order valence-corrected chi connectivity index (χ1v) is 9.00. The molecule has 1 atom stereocenters. The zero-order valence-corrected chi connectivity index (χ0v) is 15.7. The third kappa shape index (κ3) is 3.57. The summed E-state index contributed by atoms with van der Waals surface area (Å²) in [6.07, 6.45) is -1.19. The summed E-state index contributed by atoms with van der Waals surface area (Å²) in [5.41, 5.74) is 3.43. The summed E-state index contributed by atoms with van der Waals surface area (Å²) >= 11 is 5.91. The number of ether oxygens (including phenoxy) is 1. The van der Waals surface area contributed by atoms with Crippen LogP contribution < -0.4 is 4.74 Å². The molecule has 1 unspecified atom stereocenters. The van der Waals surface area contributed by atoms with Gasteiger partial charge in [-0.2, -0.15) is 0 Å². The molecule has 0 fully saturated rings. The van der Waals surface area contributed by atoms with Crippen molar-refractivity contribution in [2.45, 2.75) is 13.0 Å². The van der Waals surface area contributed by atoms with Crippen LogP contribution in [0.2, 0.25) is 5.02 Å². The molecule has 0 saturated heterocycles. The van der Waals surface area contributed by atoms with Gasteiger partial charge in [0.25, 0.3) is 0 Å². The zero-order chi connectivity index (χ0) is 19.7. The van der Waals surface area contributed by atoms with E-state index in [2.05, 4.69) is 4.98 Å². The van der Waals surface area contributed by atoms with Gasteiger partial charge in [0.1, 0.15) is 11.3 Å². The SMILES string of the molecule is Cc1ccc(OC(C(=O)O)c2ccc(Cl)cc2)c(-c2nc3ccccc3o2)c1. The first kappa shape index (κ1) is 18.1. The average molecular weight is 394 g/mol. The van der Waals surface area contributed by atoms with E-state index in [1.165, 1.54) is 0 Å². The number of oxazole rings is 1. The number of aryl methyl sites for hydroxylation is 1. The predicted octanol–water partition coefficient (Wildman–Crippen LogP) is 5.66. The van der Waals surface area contributed by atoms with Gasteiger partial charge in [0.2, 0.25) is 12.0 Å². The number of halogens is 1. The molecule has 1 N–H and O–H groups in total. The van der Waals surface area contributed by atoms with E-state index >= 15 is 0 Å². The number of aliphatic carboxylic acids is 1. The minimum absolute atomic E-state index is 0.375. The van der Waals surface area contributed by atoms with Crippen LogP contribution in [0.15, 0.2) is 71.1 Å². The number of carbonyl (C=O) groups is 1. The van der Waals surface area contributed by atoms with Crippen LogP contribution in [0.3, 0.4) is 0 Å². The van der Waals surface area contributed by atoms with Crippen LogP contribution in [0.4, 0.5) is 0 Å². The lowest BCUT2D eigenvalue weighted by Gasteiger charge is -2.17. The van der Waals surface area contributed by atoms with Crippen molar-refractivity contribution in [1.82, 2.24) is 4.98 Å². The van der Waals surface area contributed by atoms with Gasteiger partial charge >= 0.3 is 5.97 Å². The summed E-state index contributed by atoms with van der Waals surface area (Å²) in [5, 5.41) is 10.2. The van der Waals surface area contributed by atoms with E-state index in [1.807, 2.05) is 43.3 Å². The maximum absolute atomic E-state index is 11.8. The number of benzene rings is 3. The summed E-state index contributed by atoms with van der Waals surface area (Å²) < 4.78 is 11.8. The van der Waals surface area contributed by atoms with Gasteiger partial charge < -0.3 is 14.3 Å². The van der Waals surface area contributed by atoms with E-state index in [4.69, 9.17) is 20.8 Å². The number of para-hydroxylation sites is 2. The highest BCUT2D eigenvalue weighted by molar-refractivity contribution is 6.30. The molecule has 0 bridgehead atoms. The second kappa shape index (κ2) is 7.37. The molecule has 0 aliphatic heterocycles. The molecule has 0 saturated carbocycles. The van der Waals surface area contributed by atoms with Gasteiger partial charge in [-0.3, -0.25) is 0 Å². The Bertz CT molecular complexity index is 1120. The molecule has 6 heteroatoms. The lowest BCUT2D eigenvalue weighted by molar-refractivity contribution is -0.145. The Balaban J connectivity index is 1.77. The van der Waals surface area contributed by atoms with Crippen molar-refractivity contribution in [3.63, 3.8) is 0 Å². The molecule has 4 aromatic rings. The van der Waals surface area contributed by atoms with E-state index in [1.54, 1.807) is 30.3 Å². The van der Waals surface area contributed by atoms with Crippen molar-refractivity contribution in [3.8, 4) is 17.2 Å². The lowest BCUT2D eigenvalue weighted by atomic mass is 10.1. The minimum atomic E-state index is -1.19. The van der Waals surface area contributed by atoms with Crippen LogP contribution in [-0.2, 0) is 4.79 Å². The predicted molar refractivity (Wildman–Crippen MR) is 107 cm³/mol. The van der Waals surface area contributed by atoms with Crippen LogP contribution in [0, 0.1) is 6.92 Å². The van der Waals surface area contributed by atoms with E-state index < -0.39 is 12.1 Å². The first-order valence-electron chi connectivity index (χ1n) is 8.63. The summed E-state index contributed by atoms with van der Waals surface area (Å²) in [4.78, 5) is 16.4. The third-order valence-electron chi connectivity index (χ3n) is 4.30. The monoisotopic (exact) mass is 393 g/mol. The quantitative estimate of drug-likeness (QED) is 0.473. The summed E-state index contributed by atoms with van der Waals surface area (Å²) in [6, 6.07) is 19.4. The van der Waals surface area contributed by atoms with E-state index in [-0.39, 0.29) is 0 Å². The van der Waals surface area contributed by atoms with Gasteiger partial charge in [-0.15, -0.1) is 0 Å². The van der Waals surface area contributed by atoms with Gasteiger partial charge in [-0.1, -0.05) is 47.5 Å². The number of nitrogens with zero attached hydrogens (tertiary/aromatic N) is 1. The van der Waals surface area contributed by atoms with Gasteiger partial charge in [0, 0.05) is 10.6 Å². The number of aromatic nitrogens is 1. The molecule has 5 nitrogen and oxygen atoms in total. The van der Waals surface area contributed by atoms with Crippen molar-refractivity contribution in [2.75, 3.05) is 0 Å². The summed E-state index contributed by atoms with van der Waals surface area (Å²) in [5.74, 6) is -0.355. The highest BCUT2D eigenvalue weighted by atomic mass is 35.5. The number of fused-ring (bicyclic) bond motifs is 1. The smallest absolute Gasteiger partial charge is 0.349 e. The fraction of sp³-hybridized carbons (Fsp3) is 0.0909. The molecule has 0 spiro atoms. The fourth-order valence-electron chi connectivity index (χ4n) is 2.93. The number of rotatable bonds is 5. The maximum atomic E-state index is 11.8. The summed E-state index contributed by atoms with van der Waals surface area (Å²) in [6.45, 7) is 1.93. The molecule has 1 aromatic heterocycles. The van der Waals surface area contributed by atoms with Crippen molar-refractivity contribution in [3.05, 3.63) is 82.9 Å². The Morgan fingerprint density at radius 2 is 1.86 bits per heavy atom. The molecule has 0 amide bonds. The third-order valence-corrected chi connectivity index (χ3v) is 4.55. The van der Waals surface area contributed by atoms with E-state index in [9.17, 15) is 9.90 Å². The Labute approximate surface area is 166 Å².